The summed E-state index contributed by atoms with van der Waals surface area (Å²) in [5, 5.41) is 3.93. The number of aromatic nitrogens is 2. The highest BCUT2D eigenvalue weighted by molar-refractivity contribution is 8.32. The lowest BCUT2D eigenvalue weighted by molar-refractivity contribution is 0.0930. The van der Waals surface area contributed by atoms with E-state index in [9.17, 15) is 4.79 Å². The molecule has 0 bridgehead atoms. The molecule has 25 heavy (non-hydrogen) atoms. The quantitative estimate of drug-likeness (QED) is 0.844. The summed E-state index contributed by atoms with van der Waals surface area (Å²) in [5.41, 5.74) is 1.37. The zero-order chi connectivity index (χ0) is 17.4. The second-order valence-corrected chi connectivity index (χ2v) is 13.2. The molecule has 0 radical (unpaired) electrons. The Morgan fingerprint density at radius 3 is 2.84 bits per heavy atom. The van der Waals surface area contributed by atoms with Crippen molar-refractivity contribution in [2.24, 2.45) is 0 Å². The number of ether oxygens (including phenoxy) is 1. The van der Waals surface area contributed by atoms with Crippen molar-refractivity contribution < 1.29 is 9.53 Å². The van der Waals surface area contributed by atoms with Crippen molar-refractivity contribution >= 4 is 37.6 Å². The summed E-state index contributed by atoms with van der Waals surface area (Å²) < 4.78 is 6.83. The van der Waals surface area contributed by atoms with Gasteiger partial charge in [-0.3, -0.25) is 4.79 Å². The number of nitrogens with one attached hydrogen (secondary N) is 2. The van der Waals surface area contributed by atoms with Gasteiger partial charge in [0, 0.05) is 6.04 Å². The number of aromatic amines is 1. The van der Waals surface area contributed by atoms with Gasteiger partial charge in [-0.05, 0) is 68.6 Å². The van der Waals surface area contributed by atoms with Crippen molar-refractivity contribution in [3.63, 3.8) is 0 Å². The molecular formula is C18H27N3O2S2. The molecule has 7 heteroatoms. The Hall–Kier alpha value is -1.21. The highest BCUT2D eigenvalue weighted by atomic mass is 32.3. The highest BCUT2D eigenvalue weighted by Gasteiger charge is 2.24. The number of carbonyl (C=O) groups is 1. The van der Waals surface area contributed by atoms with Crippen molar-refractivity contribution in [2.45, 2.75) is 50.7 Å². The molecule has 1 saturated carbocycles. The first-order valence-corrected chi connectivity index (χ1v) is 12.7. The summed E-state index contributed by atoms with van der Waals surface area (Å²) in [4.78, 5) is 20.2. The number of nitrogens with zero attached hydrogens (tertiary/aromatic N) is 1. The lowest BCUT2D eigenvalue weighted by Gasteiger charge is -2.29. The number of hydrogen-bond donors (Lipinski definition) is 2. The van der Waals surface area contributed by atoms with Gasteiger partial charge in [-0.2, -0.15) is 4.98 Å². The van der Waals surface area contributed by atoms with Gasteiger partial charge in [0.05, 0.1) is 4.70 Å². The first-order valence-electron chi connectivity index (χ1n) is 9.14. The van der Waals surface area contributed by atoms with E-state index < -0.39 is 10.0 Å². The monoisotopic (exact) mass is 381 g/mol. The molecule has 2 aromatic heterocycles. The van der Waals surface area contributed by atoms with Crippen LogP contribution >= 0.6 is 21.4 Å². The van der Waals surface area contributed by atoms with E-state index in [4.69, 9.17) is 4.74 Å². The predicted molar refractivity (Wildman–Crippen MR) is 107 cm³/mol. The minimum Gasteiger partial charge on any atom is -0.467 e. The summed E-state index contributed by atoms with van der Waals surface area (Å²) in [6, 6.07) is 2.20. The minimum absolute atomic E-state index is 0.00799. The van der Waals surface area contributed by atoms with Crippen molar-refractivity contribution in [1.82, 2.24) is 15.3 Å². The Balaban J connectivity index is 1.39. The van der Waals surface area contributed by atoms with E-state index in [2.05, 4.69) is 27.8 Å². The third-order valence-electron chi connectivity index (χ3n) is 5.33. The first kappa shape index (κ1) is 17.2. The van der Waals surface area contributed by atoms with Crippen LogP contribution in [0.25, 0.3) is 10.3 Å². The predicted octanol–water partition coefficient (Wildman–Crippen LogP) is 3.90. The topological polar surface area (TPSA) is 67.0 Å². The third-order valence-corrected chi connectivity index (χ3v) is 8.96. The van der Waals surface area contributed by atoms with Gasteiger partial charge in [0.15, 0.2) is 5.65 Å². The third kappa shape index (κ3) is 3.97. The molecule has 2 aromatic rings. The van der Waals surface area contributed by atoms with Crippen LogP contribution in [0.3, 0.4) is 0 Å². The van der Waals surface area contributed by atoms with Gasteiger partial charge >= 0.3 is 0 Å². The smallest absolute Gasteiger partial charge is 0.276 e. The van der Waals surface area contributed by atoms with Crippen LogP contribution in [0, 0.1) is 0 Å². The van der Waals surface area contributed by atoms with Crippen LogP contribution in [0.5, 0.6) is 5.19 Å². The van der Waals surface area contributed by atoms with Crippen LogP contribution in [0.2, 0.25) is 0 Å². The molecule has 1 saturated heterocycles. The molecule has 2 N–H and O–H groups in total. The van der Waals surface area contributed by atoms with Crippen molar-refractivity contribution in [3.05, 3.63) is 11.8 Å². The van der Waals surface area contributed by atoms with Gasteiger partial charge in [-0.15, -0.1) is 0 Å². The fourth-order valence-electron chi connectivity index (χ4n) is 3.43. The second kappa shape index (κ2) is 6.83. The van der Waals surface area contributed by atoms with E-state index in [-0.39, 0.29) is 5.91 Å². The van der Waals surface area contributed by atoms with Crippen LogP contribution in [0.15, 0.2) is 6.07 Å². The molecule has 0 spiro atoms. The Bertz CT molecular complexity index is 732. The summed E-state index contributed by atoms with van der Waals surface area (Å²) in [5.74, 6) is 2.57. The largest absolute Gasteiger partial charge is 0.467 e. The standard InChI is InChI=1S/C18H27N3O2S2/c1-25(2)9-4-5-12(8-10-25)19-17(22)14-11-15-16(20-14)21-18(24-15)23-13-6-3-7-13/h11-13,20H,3-10H2,1-2H3,(H,19,22). The van der Waals surface area contributed by atoms with Gasteiger partial charge in [0.1, 0.15) is 11.8 Å². The number of amides is 1. The molecule has 1 aliphatic heterocycles. The lowest BCUT2D eigenvalue weighted by atomic mass is 9.96. The van der Waals surface area contributed by atoms with Crippen LogP contribution in [-0.4, -0.2) is 52.0 Å². The molecular weight excluding hydrogens is 354 g/mol. The van der Waals surface area contributed by atoms with Crippen LogP contribution < -0.4 is 10.1 Å². The van der Waals surface area contributed by atoms with Crippen molar-refractivity contribution in [2.75, 3.05) is 24.0 Å². The zero-order valence-electron chi connectivity index (χ0n) is 15.0. The van der Waals surface area contributed by atoms with E-state index >= 15 is 0 Å². The number of thiazole rings is 1. The fraction of sp³-hybridized carbons (Fsp3) is 0.667. The van der Waals surface area contributed by atoms with Gasteiger partial charge in [-0.1, -0.05) is 11.3 Å². The van der Waals surface area contributed by atoms with Crippen LogP contribution in [-0.2, 0) is 0 Å². The summed E-state index contributed by atoms with van der Waals surface area (Å²) in [6.07, 6.45) is 12.1. The summed E-state index contributed by atoms with van der Waals surface area (Å²) in [6.45, 7) is 0. The average Bonchev–Trinajstić information content (AvgIpc) is 3.01. The number of H-pyrrole nitrogens is 1. The molecule has 138 valence electrons. The molecule has 0 aromatic carbocycles. The molecule has 4 rings (SSSR count). The maximum absolute atomic E-state index is 12.6. The number of fused-ring (bicyclic) bond motifs is 1. The summed E-state index contributed by atoms with van der Waals surface area (Å²) in [7, 11) is -0.458. The molecule has 1 amide bonds. The molecule has 1 aliphatic carbocycles. The molecule has 1 unspecified atom stereocenters. The molecule has 3 heterocycles. The van der Waals surface area contributed by atoms with Gasteiger partial charge in [0.2, 0.25) is 0 Å². The van der Waals surface area contributed by atoms with Gasteiger partial charge in [-0.25, -0.2) is 10.0 Å². The first-order chi connectivity index (χ1) is 12.0. The van der Waals surface area contributed by atoms with Crippen LogP contribution in [0.4, 0.5) is 0 Å². The molecule has 2 aliphatic rings. The van der Waals surface area contributed by atoms with Crippen molar-refractivity contribution in [1.29, 1.82) is 0 Å². The highest BCUT2D eigenvalue weighted by Crippen LogP contribution is 2.43. The van der Waals surface area contributed by atoms with Crippen molar-refractivity contribution in [3.8, 4) is 5.19 Å². The van der Waals surface area contributed by atoms with E-state index in [1.54, 1.807) is 0 Å². The van der Waals surface area contributed by atoms with E-state index in [0.29, 0.717) is 23.0 Å². The van der Waals surface area contributed by atoms with E-state index in [1.807, 2.05) is 6.07 Å². The van der Waals surface area contributed by atoms with E-state index in [0.717, 1.165) is 36.0 Å². The lowest BCUT2D eigenvalue weighted by Crippen LogP contribution is -2.35. The number of rotatable bonds is 4. The van der Waals surface area contributed by atoms with E-state index in [1.165, 1.54) is 35.7 Å². The van der Waals surface area contributed by atoms with Crippen LogP contribution in [0.1, 0.15) is 49.0 Å². The number of carbonyl (C=O) groups excluding carboxylic acids is 1. The maximum atomic E-state index is 12.6. The summed E-state index contributed by atoms with van der Waals surface area (Å²) >= 11 is 1.52. The molecule has 2 fully saturated rings. The van der Waals surface area contributed by atoms with Gasteiger partial charge in [0.25, 0.3) is 11.1 Å². The fourth-order valence-corrected chi connectivity index (χ4v) is 6.39. The Kier molecular flexibility index (Phi) is 4.71. The minimum atomic E-state index is -0.458. The Morgan fingerprint density at radius 2 is 2.12 bits per heavy atom. The Labute approximate surface area is 154 Å². The normalized spacial score (nSPS) is 25.1. The molecule has 5 nitrogen and oxygen atoms in total. The van der Waals surface area contributed by atoms with Gasteiger partial charge < -0.3 is 15.0 Å². The zero-order valence-corrected chi connectivity index (χ0v) is 16.6. The Morgan fingerprint density at radius 1 is 1.28 bits per heavy atom. The maximum Gasteiger partial charge on any atom is 0.276 e. The average molecular weight is 382 g/mol. The SMILES string of the molecule is CS1(C)CCCC(NC(=O)c2cc3sc(OC4CCC4)nc3[nH]2)CC1. The number of hydrogen-bond acceptors (Lipinski definition) is 4. The second-order valence-electron chi connectivity index (χ2n) is 7.82. The molecule has 1 atom stereocenters.